The van der Waals surface area contributed by atoms with Gasteiger partial charge in [-0.15, -0.1) is 0 Å². The summed E-state index contributed by atoms with van der Waals surface area (Å²) in [4.78, 5) is 26.8. The maximum atomic E-state index is 11.8. The van der Waals surface area contributed by atoms with Gasteiger partial charge in [0.25, 0.3) is 0 Å². The van der Waals surface area contributed by atoms with E-state index in [0.29, 0.717) is 5.56 Å². The number of esters is 1. The van der Waals surface area contributed by atoms with Gasteiger partial charge in [0.05, 0.1) is 5.56 Å². The monoisotopic (exact) mass is 257 g/mol. The fourth-order valence-electron chi connectivity index (χ4n) is 1.55. The van der Waals surface area contributed by atoms with E-state index < -0.39 is 18.0 Å². The molecular formula is C14H11NO4. The molecule has 0 unspecified atom stereocenters. The molecule has 19 heavy (non-hydrogen) atoms. The Hall–Kier alpha value is -2.69. The number of carbonyl (C=O) groups is 2. The number of nitrogens with zero attached hydrogens (tertiary/aromatic N) is 1. The fraction of sp³-hybridized carbons (Fsp3) is 0.0714. The van der Waals surface area contributed by atoms with Gasteiger partial charge in [-0.3, -0.25) is 4.98 Å². The lowest BCUT2D eigenvalue weighted by Crippen LogP contribution is -2.19. The lowest BCUT2D eigenvalue weighted by Gasteiger charge is -2.13. The number of carboxylic acids is 1. The average molecular weight is 257 g/mol. The van der Waals surface area contributed by atoms with E-state index in [2.05, 4.69) is 4.98 Å². The third-order valence-electron chi connectivity index (χ3n) is 2.47. The van der Waals surface area contributed by atoms with E-state index in [0.717, 1.165) is 0 Å². The maximum Gasteiger partial charge on any atom is 0.349 e. The molecule has 0 fully saturated rings. The summed E-state index contributed by atoms with van der Waals surface area (Å²) in [7, 11) is 0. The van der Waals surface area contributed by atoms with Crippen molar-refractivity contribution in [2.45, 2.75) is 6.10 Å². The smallest absolute Gasteiger partial charge is 0.349 e. The lowest BCUT2D eigenvalue weighted by atomic mass is 10.1. The molecule has 0 amide bonds. The quantitative estimate of drug-likeness (QED) is 0.848. The topological polar surface area (TPSA) is 76.5 Å². The number of rotatable bonds is 4. The van der Waals surface area contributed by atoms with Crippen molar-refractivity contribution in [2.24, 2.45) is 0 Å². The summed E-state index contributed by atoms with van der Waals surface area (Å²) in [6.45, 7) is 0. The summed E-state index contributed by atoms with van der Waals surface area (Å²) in [5.74, 6) is -1.91. The Morgan fingerprint density at radius 2 is 1.68 bits per heavy atom. The molecule has 96 valence electrons. The second-order valence-corrected chi connectivity index (χ2v) is 3.77. The van der Waals surface area contributed by atoms with Crippen LogP contribution in [0.5, 0.6) is 0 Å². The first kappa shape index (κ1) is 12.8. The maximum absolute atomic E-state index is 11.8. The highest BCUT2D eigenvalue weighted by molar-refractivity contribution is 5.91. The Balaban J connectivity index is 2.19. The van der Waals surface area contributed by atoms with Crippen molar-refractivity contribution in [3.05, 3.63) is 66.0 Å². The molecule has 1 heterocycles. The molecule has 2 rings (SSSR count). The second-order valence-electron chi connectivity index (χ2n) is 3.77. The molecule has 0 spiro atoms. The second kappa shape index (κ2) is 5.77. The highest BCUT2D eigenvalue weighted by atomic mass is 16.6. The summed E-state index contributed by atoms with van der Waals surface area (Å²) in [6.07, 6.45) is 1.56. The lowest BCUT2D eigenvalue weighted by molar-refractivity contribution is -0.147. The Morgan fingerprint density at radius 3 is 2.26 bits per heavy atom. The van der Waals surface area contributed by atoms with Crippen LogP contribution in [0.15, 0.2) is 54.9 Å². The highest BCUT2D eigenvalue weighted by Gasteiger charge is 2.24. The van der Waals surface area contributed by atoms with Gasteiger partial charge in [-0.25, -0.2) is 9.59 Å². The number of carbonyl (C=O) groups excluding carboxylic acids is 1. The van der Waals surface area contributed by atoms with Crippen LogP contribution in [0.1, 0.15) is 22.0 Å². The number of ether oxygens (including phenoxy) is 1. The van der Waals surface area contributed by atoms with Crippen LogP contribution >= 0.6 is 0 Å². The zero-order valence-electron chi connectivity index (χ0n) is 9.89. The summed E-state index contributed by atoms with van der Waals surface area (Å²) in [6, 6.07) is 11.2. The first-order valence-corrected chi connectivity index (χ1v) is 5.57. The molecule has 0 radical (unpaired) electrons. The van der Waals surface area contributed by atoms with Crippen LogP contribution in [0.3, 0.4) is 0 Å². The fourth-order valence-corrected chi connectivity index (χ4v) is 1.55. The normalized spacial score (nSPS) is 11.6. The molecular weight excluding hydrogens is 246 g/mol. The summed E-state index contributed by atoms with van der Waals surface area (Å²) < 4.78 is 5.02. The number of pyridine rings is 1. The van der Waals surface area contributed by atoms with Gasteiger partial charge < -0.3 is 9.84 Å². The predicted octanol–water partition coefficient (Wildman–Crippen LogP) is 2.06. The van der Waals surface area contributed by atoms with E-state index in [1.807, 2.05) is 0 Å². The van der Waals surface area contributed by atoms with Gasteiger partial charge in [0.2, 0.25) is 6.10 Å². The molecule has 0 aliphatic heterocycles. The molecule has 0 bridgehead atoms. The number of hydrogen-bond donors (Lipinski definition) is 1. The van der Waals surface area contributed by atoms with Crippen LogP contribution in [0, 0.1) is 0 Å². The van der Waals surface area contributed by atoms with E-state index >= 15 is 0 Å². The Kier molecular flexibility index (Phi) is 3.87. The van der Waals surface area contributed by atoms with Gasteiger partial charge in [0, 0.05) is 18.0 Å². The minimum atomic E-state index is -1.32. The molecule has 0 saturated carbocycles. The van der Waals surface area contributed by atoms with Crippen molar-refractivity contribution in [1.29, 1.82) is 0 Å². The molecule has 2 aromatic rings. The first-order valence-electron chi connectivity index (χ1n) is 5.57. The van der Waals surface area contributed by atoms with E-state index in [9.17, 15) is 9.59 Å². The van der Waals surface area contributed by atoms with Crippen LogP contribution in [0.25, 0.3) is 0 Å². The van der Waals surface area contributed by atoms with Gasteiger partial charge in [-0.2, -0.15) is 0 Å². The number of hydrogen-bond acceptors (Lipinski definition) is 4. The van der Waals surface area contributed by atoms with Crippen molar-refractivity contribution in [3.8, 4) is 0 Å². The number of aromatic nitrogens is 1. The van der Waals surface area contributed by atoms with Gasteiger partial charge in [0.1, 0.15) is 0 Å². The van der Waals surface area contributed by atoms with Crippen LogP contribution < -0.4 is 0 Å². The van der Waals surface area contributed by atoms with Crippen LogP contribution in [-0.4, -0.2) is 22.0 Å². The van der Waals surface area contributed by atoms with Crippen LogP contribution in [-0.2, 0) is 9.53 Å². The van der Waals surface area contributed by atoms with E-state index in [1.54, 1.807) is 30.3 Å². The Morgan fingerprint density at radius 1 is 1.05 bits per heavy atom. The molecule has 0 aliphatic rings. The van der Waals surface area contributed by atoms with Crippen molar-refractivity contribution < 1.29 is 19.4 Å². The molecule has 1 aromatic carbocycles. The average Bonchev–Trinajstić information content (AvgIpc) is 2.46. The zero-order valence-corrected chi connectivity index (χ0v) is 9.89. The Labute approximate surface area is 109 Å². The predicted molar refractivity (Wildman–Crippen MR) is 66.5 cm³/mol. The standard InChI is InChI=1S/C14H11NO4/c16-13(17)12(10-4-2-1-3-5-10)19-14(18)11-6-8-15-9-7-11/h1-9,12H,(H,16,17)/t12-/m1/s1. The van der Waals surface area contributed by atoms with Gasteiger partial charge in [-0.05, 0) is 12.1 Å². The molecule has 0 saturated heterocycles. The third-order valence-corrected chi connectivity index (χ3v) is 2.47. The minimum Gasteiger partial charge on any atom is -0.478 e. The molecule has 0 aliphatic carbocycles. The molecule has 1 N–H and O–H groups in total. The van der Waals surface area contributed by atoms with Crippen molar-refractivity contribution in [2.75, 3.05) is 0 Å². The van der Waals surface area contributed by atoms with Crippen molar-refractivity contribution >= 4 is 11.9 Å². The van der Waals surface area contributed by atoms with Crippen molar-refractivity contribution in [3.63, 3.8) is 0 Å². The SMILES string of the molecule is O=C(O[C@@H](C(=O)O)c1ccccc1)c1ccncc1. The minimum absolute atomic E-state index is 0.261. The highest BCUT2D eigenvalue weighted by Crippen LogP contribution is 2.19. The largest absolute Gasteiger partial charge is 0.478 e. The number of benzene rings is 1. The molecule has 5 nitrogen and oxygen atoms in total. The summed E-state index contributed by atoms with van der Waals surface area (Å²) in [5.41, 5.74) is 0.676. The third kappa shape index (κ3) is 3.16. The molecule has 1 atom stereocenters. The van der Waals surface area contributed by atoms with Crippen LogP contribution in [0.2, 0.25) is 0 Å². The van der Waals surface area contributed by atoms with Gasteiger partial charge in [-0.1, -0.05) is 30.3 Å². The Bertz CT molecular complexity index is 569. The van der Waals surface area contributed by atoms with Gasteiger partial charge >= 0.3 is 11.9 Å². The first-order chi connectivity index (χ1) is 9.18. The van der Waals surface area contributed by atoms with Crippen LogP contribution in [0.4, 0.5) is 0 Å². The van der Waals surface area contributed by atoms with Crippen molar-refractivity contribution in [1.82, 2.24) is 4.98 Å². The number of carboxylic acid groups (broad SMARTS) is 1. The zero-order chi connectivity index (χ0) is 13.7. The molecule has 1 aromatic heterocycles. The number of aliphatic carboxylic acids is 1. The van der Waals surface area contributed by atoms with E-state index in [1.165, 1.54) is 24.5 Å². The van der Waals surface area contributed by atoms with E-state index in [-0.39, 0.29) is 5.56 Å². The summed E-state index contributed by atoms with van der Waals surface area (Å²) in [5, 5.41) is 9.13. The van der Waals surface area contributed by atoms with Gasteiger partial charge in [0.15, 0.2) is 0 Å². The van der Waals surface area contributed by atoms with E-state index in [4.69, 9.17) is 9.84 Å². The molecule has 5 heteroatoms. The summed E-state index contributed by atoms with van der Waals surface area (Å²) >= 11 is 0.